The summed E-state index contributed by atoms with van der Waals surface area (Å²) in [4.78, 5) is 17.0. The first kappa shape index (κ1) is 33.7. The minimum atomic E-state index is -0.576. The molecule has 1 fully saturated rings. The number of carbonyl (C=O) groups is 1. The Labute approximate surface area is 303 Å². The summed E-state index contributed by atoms with van der Waals surface area (Å²) in [6, 6.07) is 15.2. The van der Waals surface area contributed by atoms with Crippen LogP contribution in [0.4, 0.5) is 5.82 Å². The molecule has 4 atom stereocenters. The average molecular weight is 702 g/mol. The fourth-order valence-corrected chi connectivity index (χ4v) is 9.04. The molecule has 1 spiro atoms. The van der Waals surface area contributed by atoms with Crippen molar-refractivity contribution in [2.75, 3.05) is 39.6 Å². The number of hydrogen-bond donors (Lipinski definition) is 4. The normalized spacial score (nSPS) is 21.9. The van der Waals surface area contributed by atoms with Gasteiger partial charge in [0.05, 0.1) is 13.0 Å². The van der Waals surface area contributed by atoms with Gasteiger partial charge in [0.1, 0.15) is 48.1 Å². The largest absolute Gasteiger partial charge is 0.508 e. The van der Waals surface area contributed by atoms with E-state index in [1.165, 1.54) is 6.92 Å². The summed E-state index contributed by atoms with van der Waals surface area (Å²) in [7, 11) is 3.47. The first-order valence-electron chi connectivity index (χ1n) is 17.9. The number of hydrogen-bond acceptors (Lipinski definition) is 10. The molecule has 0 amide bonds. The molecule has 3 aromatic carbocycles. The van der Waals surface area contributed by atoms with Crippen LogP contribution in [-0.4, -0.2) is 55.1 Å². The van der Waals surface area contributed by atoms with Gasteiger partial charge < -0.3 is 40.2 Å². The van der Waals surface area contributed by atoms with Gasteiger partial charge in [0.15, 0.2) is 11.5 Å². The van der Waals surface area contributed by atoms with E-state index in [1.54, 1.807) is 19.2 Å². The average Bonchev–Trinajstić information content (AvgIpc) is 3.69. The van der Waals surface area contributed by atoms with E-state index < -0.39 is 6.10 Å². The fraction of sp³-hybridized carbons (Fsp3) is 0.381. The molecule has 4 unspecified atom stereocenters. The van der Waals surface area contributed by atoms with Gasteiger partial charge in [-0.1, -0.05) is 24.1 Å². The van der Waals surface area contributed by atoms with Crippen LogP contribution >= 0.6 is 0 Å². The third kappa shape index (κ3) is 5.83. The summed E-state index contributed by atoms with van der Waals surface area (Å²) in [5, 5.41) is 25.0. The van der Waals surface area contributed by atoms with E-state index in [4.69, 9.17) is 24.7 Å². The number of ether oxygens (including phenoxy) is 4. The molecule has 0 radical (unpaired) electrons. The maximum atomic E-state index is 12.3. The molecule has 0 saturated heterocycles. The molecule has 10 heteroatoms. The number of pyridine rings is 1. The summed E-state index contributed by atoms with van der Waals surface area (Å²) < 4.78 is 24.9. The number of methoxy groups -OCH3 is 1. The predicted octanol–water partition coefficient (Wildman–Crippen LogP) is 5.87. The zero-order chi connectivity index (χ0) is 36.1. The number of nitrogens with one attached hydrogen (secondary N) is 1. The second kappa shape index (κ2) is 13.3. The Kier molecular flexibility index (Phi) is 8.62. The van der Waals surface area contributed by atoms with Crippen molar-refractivity contribution in [2.24, 2.45) is 5.92 Å². The summed E-state index contributed by atoms with van der Waals surface area (Å²) in [6.07, 6.45) is 4.01. The van der Waals surface area contributed by atoms with Gasteiger partial charge in [0, 0.05) is 53.6 Å². The van der Waals surface area contributed by atoms with Gasteiger partial charge in [-0.2, -0.15) is 0 Å². The lowest BCUT2D eigenvalue weighted by atomic mass is 9.65. The van der Waals surface area contributed by atoms with Crippen LogP contribution in [0.15, 0.2) is 48.5 Å². The predicted molar refractivity (Wildman–Crippen MR) is 196 cm³/mol. The Bertz CT molecular complexity index is 2150. The summed E-state index contributed by atoms with van der Waals surface area (Å²) in [6.45, 7) is 2.46. The van der Waals surface area contributed by atoms with Crippen molar-refractivity contribution in [3.63, 3.8) is 0 Å². The Morgan fingerprint density at radius 3 is 2.77 bits per heavy atom. The van der Waals surface area contributed by atoms with Crippen LogP contribution in [0.25, 0.3) is 11.1 Å². The van der Waals surface area contributed by atoms with E-state index >= 15 is 0 Å². The van der Waals surface area contributed by atoms with Crippen molar-refractivity contribution in [1.29, 1.82) is 0 Å². The molecule has 8 rings (SSSR count). The van der Waals surface area contributed by atoms with Crippen molar-refractivity contribution in [2.45, 2.75) is 62.9 Å². The van der Waals surface area contributed by atoms with Crippen LogP contribution in [0.1, 0.15) is 77.3 Å². The number of aromatic nitrogens is 1. The Hall–Kier alpha value is -5.40. The number of likely N-dealkylation sites (N-methyl/N-ethyl adjacent to an activating group) is 1. The number of rotatable bonds is 7. The van der Waals surface area contributed by atoms with Crippen LogP contribution < -0.4 is 25.3 Å². The maximum absolute atomic E-state index is 12.3. The van der Waals surface area contributed by atoms with Crippen LogP contribution in [0, 0.1) is 17.8 Å². The number of nitrogens with two attached hydrogens (primary N) is 1. The van der Waals surface area contributed by atoms with E-state index in [2.05, 4.69) is 34.3 Å². The zero-order valence-corrected chi connectivity index (χ0v) is 29.7. The number of fused-ring (bicyclic) bond motifs is 7. The molecular weight excluding hydrogens is 658 g/mol. The number of carbonyl (C=O) groups excluding carboxylic acids is 1. The topological polar surface area (TPSA) is 145 Å². The first-order chi connectivity index (χ1) is 25.2. The van der Waals surface area contributed by atoms with Crippen LogP contribution in [0.5, 0.6) is 28.7 Å². The van der Waals surface area contributed by atoms with E-state index in [1.807, 2.05) is 31.3 Å². The highest BCUT2D eigenvalue weighted by Crippen LogP contribution is 2.62. The highest BCUT2D eigenvalue weighted by molar-refractivity contribution is 5.84. The van der Waals surface area contributed by atoms with Crippen molar-refractivity contribution < 1.29 is 34.0 Å². The zero-order valence-electron chi connectivity index (χ0n) is 29.7. The lowest BCUT2D eigenvalue weighted by Crippen LogP contribution is -2.31. The van der Waals surface area contributed by atoms with Crippen LogP contribution in [0.2, 0.25) is 0 Å². The standard InChI is InChI=1S/C42H43N3O7/c1-23(46)51-22-32-29-8-9-30-38-27(16-28(47)18-36(38)49-3)21-42-12-11-24(20-42)15-26-7-10-37(43)45-33(26)6-4-5-25-17-34(48)35(50-14-13-44-2)19-31(25)40(32)52-41(29)39(30)42/h7-10,16-19,24,32,40,44,47-48H,5,11-15,20-22H2,1-3H3,(H2,43,45). The second-order valence-corrected chi connectivity index (χ2v) is 14.5. The van der Waals surface area contributed by atoms with Gasteiger partial charge >= 0.3 is 5.97 Å². The number of phenols is 2. The molecule has 4 aliphatic rings. The van der Waals surface area contributed by atoms with Gasteiger partial charge in [-0.05, 0) is 97.5 Å². The van der Waals surface area contributed by atoms with E-state index in [0.29, 0.717) is 54.9 Å². The van der Waals surface area contributed by atoms with E-state index in [0.717, 1.165) is 75.9 Å². The molecule has 5 N–H and O–H groups in total. The number of anilines is 1. The summed E-state index contributed by atoms with van der Waals surface area (Å²) >= 11 is 0. The highest BCUT2D eigenvalue weighted by Gasteiger charge is 2.50. The summed E-state index contributed by atoms with van der Waals surface area (Å²) in [5.41, 5.74) is 14.3. The monoisotopic (exact) mass is 701 g/mol. The number of nitrogens with zero attached hydrogens (tertiary/aromatic N) is 1. The SMILES string of the molecule is CNCCOc1cc2c(cc1O)CC#Cc1nc(N)ccc1CC1CCC3(Cc4cc(O)cc(OC)c4-c4ccc5c(c43)OC2C5COC(C)=O)C1. The molecule has 4 aromatic rings. The van der Waals surface area contributed by atoms with Gasteiger partial charge in [0.25, 0.3) is 0 Å². The molecular formula is C42H43N3O7. The lowest BCUT2D eigenvalue weighted by Gasteiger charge is -2.39. The molecule has 4 bridgehead atoms. The molecule has 2 aliphatic heterocycles. The first-order valence-corrected chi connectivity index (χ1v) is 17.9. The van der Waals surface area contributed by atoms with Crippen molar-refractivity contribution in [1.82, 2.24) is 10.3 Å². The minimum absolute atomic E-state index is 0.00461. The third-order valence-electron chi connectivity index (χ3n) is 11.2. The summed E-state index contributed by atoms with van der Waals surface area (Å²) in [5.74, 6) is 8.58. The van der Waals surface area contributed by atoms with E-state index in [9.17, 15) is 15.0 Å². The van der Waals surface area contributed by atoms with Crippen molar-refractivity contribution in [3.05, 3.63) is 87.6 Å². The third-order valence-corrected chi connectivity index (χ3v) is 11.2. The Morgan fingerprint density at radius 1 is 1.10 bits per heavy atom. The Morgan fingerprint density at radius 2 is 1.96 bits per heavy atom. The van der Waals surface area contributed by atoms with Gasteiger partial charge in [0.2, 0.25) is 0 Å². The number of phenolic OH excluding ortho intramolecular Hbond substituents is 2. The number of esters is 1. The lowest BCUT2D eigenvalue weighted by molar-refractivity contribution is -0.141. The number of nitrogen functional groups attached to an aromatic ring is 1. The second-order valence-electron chi connectivity index (χ2n) is 14.5. The van der Waals surface area contributed by atoms with Crippen molar-refractivity contribution >= 4 is 11.8 Å². The quantitative estimate of drug-likeness (QED) is 0.105. The molecule has 1 saturated carbocycles. The molecule has 10 nitrogen and oxygen atoms in total. The van der Waals surface area contributed by atoms with Gasteiger partial charge in [-0.25, -0.2) is 4.98 Å². The van der Waals surface area contributed by atoms with Gasteiger partial charge in [-0.3, -0.25) is 4.79 Å². The van der Waals surface area contributed by atoms with E-state index in [-0.39, 0.29) is 35.4 Å². The minimum Gasteiger partial charge on any atom is -0.508 e. The molecule has 52 heavy (non-hydrogen) atoms. The molecule has 1 aromatic heterocycles. The van der Waals surface area contributed by atoms with Gasteiger partial charge in [-0.15, -0.1) is 0 Å². The smallest absolute Gasteiger partial charge is 0.302 e. The highest BCUT2D eigenvalue weighted by atomic mass is 16.5. The van der Waals surface area contributed by atoms with Crippen LogP contribution in [-0.2, 0) is 34.2 Å². The molecule has 268 valence electrons. The van der Waals surface area contributed by atoms with Crippen LogP contribution in [0.3, 0.4) is 0 Å². The fourth-order valence-electron chi connectivity index (χ4n) is 9.04. The molecule has 2 aliphatic carbocycles. The maximum Gasteiger partial charge on any atom is 0.302 e. The number of benzene rings is 3. The Balaban J connectivity index is 1.38. The molecule has 3 heterocycles. The number of aromatic hydroxyl groups is 2. The van der Waals surface area contributed by atoms with Crippen molar-refractivity contribution in [3.8, 4) is 51.7 Å².